The highest BCUT2D eigenvalue weighted by Gasteiger charge is 2.47. The molecule has 2 rings (SSSR count). The van der Waals surface area contributed by atoms with Crippen LogP contribution in [0.1, 0.15) is 6.92 Å². The zero-order valence-electron chi connectivity index (χ0n) is 6.63. The molecular weight excluding hydrogens is 161 g/mol. The summed E-state index contributed by atoms with van der Waals surface area (Å²) in [7, 11) is 0.942. The fourth-order valence-corrected chi connectivity index (χ4v) is 1.51. The van der Waals surface area contributed by atoms with Crippen molar-refractivity contribution in [2.24, 2.45) is 0 Å². The van der Waals surface area contributed by atoms with Crippen LogP contribution in [0, 0.1) is 0 Å². The predicted octanol–water partition coefficient (Wildman–Crippen LogP) is 1.94. The first-order chi connectivity index (χ1) is 5.57. The van der Waals surface area contributed by atoms with Crippen LogP contribution in [0.25, 0.3) is 0 Å². The van der Waals surface area contributed by atoms with Crippen molar-refractivity contribution in [2.75, 3.05) is 0 Å². The Morgan fingerprint density at radius 1 is 1.58 bits per heavy atom. The molecule has 1 saturated heterocycles. The quantitative estimate of drug-likeness (QED) is 0.503. The van der Waals surface area contributed by atoms with Crippen molar-refractivity contribution in [3.05, 3.63) is 23.8 Å². The van der Waals surface area contributed by atoms with E-state index in [1.165, 1.54) is 0 Å². The first-order valence-corrected chi connectivity index (χ1v) is 3.85. The van der Waals surface area contributed by atoms with Gasteiger partial charge in [0.15, 0.2) is 0 Å². The van der Waals surface area contributed by atoms with Gasteiger partial charge in [0.2, 0.25) is 0 Å². The van der Waals surface area contributed by atoms with Crippen molar-refractivity contribution < 1.29 is 13.5 Å². The number of hydrogen-bond donors (Lipinski definition) is 0. The number of rotatable bonds is 0. The van der Waals surface area contributed by atoms with Gasteiger partial charge in [0.05, 0.1) is 6.10 Å². The van der Waals surface area contributed by atoms with Crippen LogP contribution in [0.5, 0.6) is 0 Å². The van der Waals surface area contributed by atoms with Gasteiger partial charge in [-0.1, -0.05) is 23.8 Å². The zero-order valence-corrected chi connectivity index (χ0v) is 6.63. The molecule has 63 valence electrons. The van der Waals surface area contributed by atoms with E-state index in [9.17, 15) is 8.78 Å². The minimum atomic E-state index is -3.05. The molecule has 4 heteroatoms. The van der Waals surface area contributed by atoms with Crippen LogP contribution in [-0.4, -0.2) is 19.4 Å². The molecule has 0 aromatic rings. The second-order valence-corrected chi connectivity index (χ2v) is 3.16. The van der Waals surface area contributed by atoms with Gasteiger partial charge >= 0.3 is 6.01 Å². The van der Waals surface area contributed by atoms with Gasteiger partial charge in [0.25, 0.3) is 7.28 Å². The highest BCUT2D eigenvalue weighted by atomic mass is 19.3. The Labute approximate surface area is 70.3 Å². The first-order valence-electron chi connectivity index (χ1n) is 3.85. The zero-order chi connectivity index (χ0) is 8.77. The van der Waals surface area contributed by atoms with Crippen LogP contribution in [0.2, 0.25) is 5.82 Å². The molecule has 12 heavy (non-hydrogen) atoms. The van der Waals surface area contributed by atoms with Crippen molar-refractivity contribution in [1.82, 2.24) is 0 Å². The van der Waals surface area contributed by atoms with Crippen molar-refractivity contribution in [2.45, 2.75) is 24.9 Å². The molecule has 1 heterocycles. The van der Waals surface area contributed by atoms with E-state index < -0.39 is 12.1 Å². The number of alkyl halides is 2. The van der Waals surface area contributed by atoms with E-state index in [1.807, 2.05) is 13.0 Å². The second kappa shape index (κ2) is 2.42. The minimum Gasteiger partial charge on any atom is -0.322 e. The largest absolute Gasteiger partial charge is 0.322 e. The summed E-state index contributed by atoms with van der Waals surface area (Å²) in [4.78, 5) is 0. The fraction of sp³-hybridized carbons (Fsp3) is 0.500. The molecule has 1 radical (unpaired) electrons. The summed E-state index contributed by atoms with van der Waals surface area (Å²) in [5, 5.41) is 0. The van der Waals surface area contributed by atoms with Crippen LogP contribution in [-0.2, 0) is 4.74 Å². The third kappa shape index (κ3) is 1.31. The first kappa shape index (κ1) is 7.99. The Hall–Kier alpha value is -0.635. The van der Waals surface area contributed by atoms with Gasteiger partial charge in [-0.2, -0.15) is 8.78 Å². The fourth-order valence-electron chi connectivity index (χ4n) is 1.51. The highest BCUT2D eigenvalue weighted by molar-refractivity contribution is 6.42. The van der Waals surface area contributed by atoms with E-state index in [2.05, 4.69) is 4.74 Å². The van der Waals surface area contributed by atoms with Gasteiger partial charge in [-0.15, -0.1) is 0 Å². The molecule has 2 unspecified atom stereocenters. The topological polar surface area (TPSA) is 9.23 Å². The molecule has 0 spiro atoms. The molecule has 1 nitrogen and oxygen atoms in total. The highest BCUT2D eigenvalue weighted by Crippen LogP contribution is 2.38. The average Bonchev–Trinajstić information content (AvgIpc) is 2.21. The second-order valence-electron chi connectivity index (χ2n) is 3.16. The third-order valence-electron chi connectivity index (χ3n) is 2.07. The number of halogens is 2. The van der Waals surface area contributed by atoms with E-state index in [1.54, 1.807) is 12.2 Å². The van der Waals surface area contributed by atoms with E-state index in [0.29, 0.717) is 0 Å². The van der Waals surface area contributed by atoms with Gasteiger partial charge < -0.3 is 4.74 Å². The molecule has 0 aromatic carbocycles. The lowest BCUT2D eigenvalue weighted by atomic mass is 9.62. The molecule has 2 aliphatic rings. The Kier molecular flexibility index (Phi) is 1.61. The van der Waals surface area contributed by atoms with Crippen LogP contribution < -0.4 is 0 Å². The minimum absolute atomic E-state index is 0.260. The maximum Gasteiger partial charge on any atom is 0.306 e. The van der Waals surface area contributed by atoms with Gasteiger partial charge in [-0.3, -0.25) is 0 Å². The molecule has 0 bridgehead atoms. The molecule has 0 N–H and O–H groups in total. The van der Waals surface area contributed by atoms with Crippen LogP contribution >= 0.6 is 0 Å². The van der Waals surface area contributed by atoms with Crippen molar-refractivity contribution >= 4 is 7.28 Å². The van der Waals surface area contributed by atoms with Crippen LogP contribution in [0.15, 0.2) is 23.8 Å². The van der Waals surface area contributed by atoms with Gasteiger partial charge in [-0.05, 0) is 12.7 Å². The lowest BCUT2D eigenvalue weighted by Gasteiger charge is -2.15. The summed E-state index contributed by atoms with van der Waals surface area (Å²) >= 11 is 0. The van der Waals surface area contributed by atoms with E-state index in [0.717, 1.165) is 12.9 Å². The van der Waals surface area contributed by atoms with E-state index >= 15 is 0 Å². The summed E-state index contributed by atoms with van der Waals surface area (Å²) in [5.74, 6) is -0.260. The summed E-state index contributed by atoms with van der Waals surface area (Å²) in [6.45, 7) is 1.87. The number of allylic oxidation sites excluding steroid dienone is 2. The maximum absolute atomic E-state index is 12.6. The SMILES string of the molecule is CC1=CC2OC(F)(F)[B]C2C=C1. The third-order valence-corrected chi connectivity index (χ3v) is 2.07. The van der Waals surface area contributed by atoms with Crippen molar-refractivity contribution in [3.63, 3.8) is 0 Å². The molecule has 0 saturated carbocycles. The summed E-state index contributed by atoms with van der Waals surface area (Å²) < 4.78 is 29.8. The van der Waals surface area contributed by atoms with Gasteiger partial charge in [0.1, 0.15) is 0 Å². The molecule has 2 atom stereocenters. The Morgan fingerprint density at radius 3 is 3.08 bits per heavy atom. The van der Waals surface area contributed by atoms with Gasteiger partial charge in [0, 0.05) is 0 Å². The molecule has 0 amide bonds. The standard InChI is InChI=1S/C8H8BF2O/c1-5-2-3-6-7(4-5)12-8(10,11)9-6/h2-4,6-7H,1H3. The van der Waals surface area contributed by atoms with Crippen molar-refractivity contribution in [1.29, 1.82) is 0 Å². The Balaban J connectivity index is 2.20. The molecule has 1 aliphatic heterocycles. The summed E-state index contributed by atoms with van der Waals surface area (Å²) in [6, 6.07) is -3.05. The molecule has 0 aromatic heterocycles. The molecule has 1 aliphatic carbocycles. The van der Waals surface area contributed by atoms with Crippen LogP contribution in [0.3, 0.4) is 0 Å². The lowest BCUT2D eigenvalue weighted by Crippen LogP contribution is -2.21. The summed E-state index contributed by atoms with van der Waals surface area (Å²) in [5.41, 5.74) is 0.974. The van der Waals surface area contributed by atoms with Gasteiger partial charge in [-0.25, -0.2) is 0 Å². The average molecular weight is 169 g/mol. The summed E-state index contributed by atoms with van der Waals surface area (Å²) in [6.07, 6.45) is 4.84. The molecular formula is C8H8BF2O. The van der Waals surface area contributed by atoms with Crippen LogP contribution in [0.4, 0.5) is 8.78 Å². The smallest absolute Gasteiger partial charge is 0.306 e. The normalized spacial score (nSPS) is 37.1. The Morgan fingerprint density at radius 2 is 2.33 bits per heavy atom. The maximum atomic E-state index is 12.6. The van der Waals surface area contributed by atoms with Crippen molar-refractivity contribution in [3.8, 4) is 0 Å². The lowest BCUT2D eigenvalue weighted by molar-refractivity contribution is -0.173. The molecule has 1 fully saturated rings. The number of hydrogen-bond acceptors (Lipinski definition) is 1. The number of fused-ring (bicyclic) bond motifs is 1. The monoisotopic (exact) mass is 169 g/mol. The number of ether oxygens (including phenoxy) is 1. The Bertz CT molecular complexity index is 260. The van der Waals surface area contributed by atoms with E-state index in [4.69, 9.17) is 0 Å². The predicted molar refractivity (Wildman–Crippen MR) is 42.2 cm³/mol. The van der Waals surface area contributed by atoms with E-state index in [-0.39, 0.29) is 5.82 Å².